The molecule has 0 radical (unpaired) electrons. The van der Waals surface area contributed by atoms with Crippen LogP contribution in [0.15, 0.2) is 18.2 Å². The molecule has 2 aromatic rings. The highest BCUT2D eigenvalue weighted by Gasteiger charge is 2.19. The van der Waals surface area contributed by atoms with Crippen LogP contribution in [0.25, 0.3) is 10.8 Å². The highest BCUT2D eigenvalue weighted by Crippen LogP contribution is 2.36. The maximum absolute atomic E-state index is 2.56. The average molecular weight is 395 g/mol. The van der Waals surface area contributed by atoms with Gasteiger partial charge in [0.25, 0.3) is 0 Å². The van der Waals surface area contributed by atoms with E-state index in [1.54, 1.807) is 33.0 Å². The van der Waals surface area contributed by atoms with Crippen LogP contribution in [0.1, 0.15) is 127 Å². The van der Waals surface area contributed by atoms with Crippen molar-refractivity contribution in [2.75, 3.05) is 0 Å². The molecule has 0 heterocycles. The van der Waals surface area contributed by atoms with E-state index < -0.39 is 0 Å². The van der Waals surface area contributed by atoms with E-state index in [1.807, 2.05) is 0 Å². The molecule has 0 heteroatoms. The van der Waals surface area contributed by atoms with E-state index in [2.05, 4.69) is 59.7 Å². The highest BCUT2D eigenvalue weighted by atomic mass is 14.2. The average Bonchev–Trinajstić information content (AvgIpc) is 2.73. The van der Waals surface area contributed by atoms with Crippen molar-refractivity contribution in [1.82, 2.24) is 0 Å². The van der Waals surface area contributed by atoms with Crippen molar-refractivity contribution in [3.05, 3.63) is 46.0 Å². The largest absolute Gasteiger partial charge is 0.0654 e. The molecule has 0 spiro atoms. The quantitative estimate of drug-likeness (QED) is 0.317. The fourth-order valence-corrected chi connectivity index (χ4v) is 4.71. The fourth-order valence-electron chi connectivity index (χ4n) is 4.71. The van der Waals surface area contributed by atoms with Crippen LogP contribution in [-0.4, -0.2) is 0 Å². The van der Waals surface area contributed by atoms with Gasteiger partial charge in [-0.05, 0) is 95.9 Å². The monoisotopic (exact) mass is 394 g/mol. The molecule has 0 nitrogen and oxygen atoms in total. The van der Waals surface area contributed by atoms with Crippen molar-refractivity contribution in [2.24, 2.45) is 0 Å². The zero-order chi connectivity index (χ0) is 21.2. The van der Waals surface area contributed by atoms with E-state index in [-0.39, 0.29) is 0 Å². The van der Waals surface area contributed by atoms with Gasteiger partial charge in [0.15, 0.2) is 0 Å². The minimum atomic E-state index is 0.594. The van der Waals surface area contributed by atoms with Crippen molar-refractivity contribution in [3.8, 4) is 0 Å². The second-order valence-corrected chi connectivity index (χ2v) is 9.29. The molecule has 0 aliphatic rings. The predicted octanol–water partition coefficient (Wildman–Crippen LogP) is 9.33. The molecule has 0 atom stereocenters. The molecule has 0 amide bonds. The third-order valence-electron chi connectivity index (χ3n) is 6.57. The number of hydrogen-bond donors (Lipinski definition) is 0. The van der Waals surface area contributed by atoms with Gasteiger partial charge in [-0.25, -0.2) is 0 Å². The summed E-state index contributed by atoms with van der Waals surface area (Å²) < 4.78 is 0. The molecule has 0 aliphatic carbocycles. The van der Waals surface area contributed by atoms with Crippen LogP contribution in [0.2, 0.25) is 0 Å². The minimum Gasteiger partial charge on any atom is -0.0654 e. The summed E-state index contributed by atoms with van der Waals surface area (Å²) in [4.78, 5) is 0. The molecule has 0 fully saturated rings. The Balaban J connectivity index is 2.81. The first-order valence-electron chi connectivity index (χ1n) is 12.7. The first-order chi connectivity index (χ1) is 14.1. The van der Waals surface area contributed by atoms with Crippen molar-refractivity contribution in [2.45, 2.75) is 125 Å². The van der Waals surface area contributed by atoms with E-state index in [4.69, 9.17) is 0 Å². The third kappa shape index (κ3) is 6.09. The lowest BCUT2D eigenvalue weighted by atomic mass is 9.81. The van der Waals surface area contributed by atoms with Gasteiger partial charge in [0.2, 0.25) is 0 Å². The molecule has 0 unspecified atom stereocenters. The van der Waals surface area contributed by atoms with Crippen molar-refractivity contribution in [1.29, 1.82) is 0 Å². The van der Waals surface area contributed by atoms with Gasteiger partial charge in [-0.2, -0.15) is 0 Å². The molecule has 0 bridgehead atoms. The van der Waals surface area contributed by atoms with Crippen LogP contribution in [0.5, 0.6) is 0 Å². The summed E-state index contributed by atoms with van der Waals surface area (Å²) in [5, 5.41) is 3.16. The Labute approximate surface area is 181 Å². The number of unbranched alkanes of at least 4 members (excludes halogenated alkanes) is 4. The van der Waals surface area contributed by atoms with Gasteiger partial charge in [-0.15, -0.1) is 0 Å². The molecular formula is C29H46. The van der Waals surface area contributed by atoms with Gasteiger partial charge < -0.3 is 0 Å². The fraction of sp³-hybridized carbons (Fsp3) is 0.655. The molecular weight excluding hydrogens is 348 g/mol. The molecule has 29 heavy (non-hydrogen) atoms. The Bertz CT molecular complexity index is 750. The summed E-state index contributed by atoms with van der Waals surface area (Å²) in [7, 11) is 0. The Morgan fingerprint density at radius 3 is 1.38 bits per heavy atom. The molecule has 162 valence electrons. The topological polar surface area (TPSA) is 0 Å². The van der Waals surface area contributed by atoms with Gasteiger partial charge in [0, 0.05) is 0 Å². The molecule has 0 saturated carbocycles. The van der Waals surface area contributed by atoms with Crippen LogP contribution in [0.3, 0.4) is 0 Å². The number of benzene rings is 2. The number of hydrogen-bond acceptors (Lipinski definition) is 0. The summed E-state index contributed by atoms with van der Waals surface area (Å²) in [5.41, 5.74) is 8.37. The van der Waals surface area contributed by atoms with Crippen LogP contribution < -0.4 is 0 Å². The number of fused-ring (bicyclic) bond motifs is 1. The predicted molar refractivity (Wildman–Crippen MR) is 132 cm³/mol. The van der Waals surface area contributed by atoms with E-state index in [1.165, 1.54) is 82.6 Å². The Morgan fingerprint density at radius 2 is 0.966 bits per heavy atom. The first-order valence-corrected chi connectivity index (χ1v) is 12.7. The molecule has 0 N–H and O–H groups in total. The maximum atomic E-state index is 2.56. The van der Waals surface area contributed by atoms with E-state index in [0.29, 0.717) is 5.92 Å². The normalized spacial score (nSPS) is 11.7. The Morgan fingerprint density at radius 1 is 0.552 bits per heavy atom. The molecule has 0 saturated heterocycles. The lowest BCUT2D eigenvalue weighted by Gasteiger charge is -2.24. The van der Waals surface area contributed by atoms with Crippen molar-refractivity contribution in [3.63, 3.8) is 0 Å². The van der Waals surface area contributed by atoms with Crippen LogP contribution in [0, 0.1) is 0 Å². The minimum absolute atomic E-state index is 0.594. The van der Waals surface area contributed by atoms with Gasteiger partial charge in [-0.3, -0.25) is 0 Å². The van der Waals surface area contributed by atoms with Gasteiger partial charge >= 0.3 is 0 Å². The number of aryl methyl sites for hydroxylation is 2. The Hall–Kier alpha value is -1.30. The molecule has 2 aromatic carbocycles. The highest BCUT2D eigenvalue weighted by molar-refractivity contribution is 5.92. The zero-order valence-electron chi connectivity index (χ0n) is 20.3. The molecule has 0 aliphatic heterocycles. The SMILES string of the molecule is CCCCc1c(CCCC)c(CCCC)c2cc(C(C)C)ccc2c1CCCC. The Kier molecular flexibility index (Phi) is 10.3. The summed E-state index contributed by atoms with van der Waals surface area (Å²) in [5.74, 6) is 0.594. The van der Waals surface area contributed by atoms with E-state index in [0.717, 1.165) is 0 Å². The van der Waals surface area contributed by atoms with Crippen molar-refractivity contribution >= 4 is 10.8 Å². The smallest absolute Gasteiger partial charge is 0.0143 e. The van der Waals surface area contributed by atoms with Gasteiger partial charge in [-0.1, -0.05) is 85.4 Å². The lowest BCUT2D eigenvalue weighted by Crippen LogP contribution is -2.08. The van der Waals surface area contributed by atoms with E-state index in [9.17, 15) is 0 Å². The van der Waals surface area contributed by atoms with Crippen LogP contribution in [0.4, 0.5) is 0 Å². The molecule has 2 rings (SSSR count). The zero-order valence-corrected chi connectivity index (χ0v) is 20.3. The molecule has 0 aromatic heterocycles. The van der Waals surface area contributed by atoms with Crippen LogP contribution in [-0.2, 0) is 25.7 Å². The van der Waals surface area contributed by atoms with Crippen molar-refractivity contribution < 1.29 is 0 Å². The standard InChI is InChI=1S/C29H46/c1-7-11-15-24-25(16-12-8-2)27(18-14-10-4)29-21-23(22(5)6)19-20-28(29)26(24)17-13-9-3/h19-22H,7-18H2,1-6H3. The van der Waals surface area contributed by atoms with Gasteiger partial charge in [0.05, 0.1) is 0 Å². The summed E-state index contributed by atoms with van der Waals surface area (Å²) >= 11 is 0. The summed E-state index contributed by atoms with van der Waals surface area (Å²) in [6.07, 6.45) is 15.4. The third-order valence-corrected chi connectivity index (χ3v) is 6.57. The van der Waals surface area contributed by atoms with E-state index >= 15 is 0 Å². The van der Waals surface area contributed by atoms with Gasteiger partial charge in [0.1, 0.15) is 0 Å². The first kappa shape index (κ1) is 24.0. The summed E-state index contributed by atoms with van der Waals surface area (Å²) in [6.45, 7) is 14.0. The second-order valence-electron chi connectivity index (χ2n) is 9.29. The maximum Gasteiger partial charge on any atom is -0.0143 e. The second kappa shape index (κ2) is 12.4. The lowest BCUT2D eigenvalue weighted by molar-refractivity contribution is 0.724. The summed E-state index contributed by atoms with van der Waals surface area (Å²) in [6, 6.07) is 7.44. The number of rotatable bonds is 13. The van der Waals surface area contributed by atoms with Crippen LogP contribution >= 0.6 is 0 Å².